The zero-order chi connectivity index (χ0) is 23.6. The molecule has 172 valence electrons. The number of hydrogen-bond acceptors (Lipinski definition) is 8. The van der Waals surface area contributed by atoms with Crippen molar-refractivity contribution < 1.29 is 38.4 Å². The number of carbonyl (C=O) groups excluding carboxylic acids is 2. The Labute approximate surface area is 186 Å². The van der Waals surface area contributed by atoms with Crippen LogP contribution in [0.5, 0.6) is 28.7 Å². The number of benzene rings is 2. The van der Waals surface area contributed by atoms with E-state index in [0.29, 0.717) is 34.2 Å². The van der Waals surface area contributed by atoms with Crippen LogP contribution in [0.15, 0.2) is 30.3 Å². The maximum Gasteiger partial charge on any atom is 0.308 e. The molecule has 2 atom stereocenters. The first kappa shape index (κ1) is 23.2. The molecule has 1 aliphatic rings. The van der Waals surface area contributed by atoms with Crippen molar-refractivity contribution in [3.05, 3.63) is 35.9 Å². The standard InChI is InChI=1S/C23H27NO8/c1-13(25)23(15-7-8-17(28-3)18(9-15)32-14(2)26)12-21(27)24(23)16-10-19(29-4)22(31-6)20(11-16)30-5/h7-11,13,25H,12H2,1-6H3/t13?,23-/m0/s1. The van der Waals surface area contributed by atoms with E-state index in [1.165, 1.54) is 40.3 Å². The SMILES string of the molecule is COc1ccc([C@@]2(C(C)O)CC(=O)N2c2cc(OC)c(OC)c(OC)c2)cc1OC(C)=O. The van der Waals surface area contributed by atoms with Crippen LogP contribution in [0, 0.1) is 0 Å². The number of ether oxygens (including phenoxy) is 5. The average molecular weight is 445 g/mol. The lowest BCUT2D eigenvalue weighted by Crippen LogP contribution is -2.66. The highest BCUT2D eigenvalue weighted by atomic mass is 16.6. The maximum atomic E-state index is 12.9. The van der Waals surface area contributed by atoms with Crippen LogP contribution in [0.4, 0.5) is 5.69 Å². The average Bonchev–Trinajstić information content (AvgIpc) is 2.75. The van der Waals surface area contributed by atoms with E-state index in [9.17, 15) is 14.7 Å². The van der Waals surface area contributed by atoms with Crippen LogP contribution in [0.1, 0.15) is 25.8 Å². The number of esters is 1. The Hall–Kier alpha value is -3.46. The van der Waals surface area contributed by atoms with Gasteiger partial charge in [-0.05, 0) is 24.6 Å². The van der Waals surface area contributed by atoms with Crippen LogP contribution in [-0.2, 0) is 15.1 Å². The van der Waals surface area contributed by atoms with E-state index in [4.69, 9.17) is 23.7 Å². The first-order chi connectivity index (χ1) is 15.2. The van der Waals surface area contributed by atoms with Crippen LogP contribution >= 0.6 is 0 Å². The van der Waals surface area contributed by atoms with Crippen molar-refractivity contribution in [3.8, 4) is 28.7 Å². The molecule has 1 saturated heterocycles. The number of aliphatic hydroxyl groups is 1. The minimum Gasteiger partial charge on any atom is -0.493 e. The minimum atomic E-state index is -1.11. The lowest BCUT2D eigenvalue weighted by molar-refractivity contribution is -0.133. The Bertz CT molecular complexity index is 1010. The number of amides is 1. The molecule has 0 aromatic heterocycles. The summed E-state index contributed by atoms with van der Waals surface area (Å²) >= 11 is 0. The number of carbonyl (C=O) groups is 2. The Balaban J connectivity index is 2.18. The van der Waals surface area contributed by atoms with Gasteiger partial charge in [0, 0.05) is 19.1 Å². The molecular formula is C23H27NO8. The molecule has 1 amide bonds. The molecule has 1 unspecified atom stereocenters. The second-order valence-electron chi connectivity index (χ2n) is 7.35. The predicted molar refractivity (Wildman–Crippen MR) is 116 cm³/mol. The van der Waals surface area contributed by atoms with Gasteiger partial charge in [-0.1, -0.05) is 6.07 Å². The Morgan fingerprint density at radius 3 is 2.00 bits per heavy atom. The summed E-state index contributed by atoms with van der Waals surface area (Å²) in [7, 11) is 5.91. The summed E-state index contributed by atoms with van der Waals surface area (Å²) in [6, 6.07) is 8.26. The lowest BCUT2D eigenvalue weighted by atomic mass is 9.73. The third kappa shape index (κ3) is 3.69. The van der Waals surface area contributed by atoms with Gasteiger partial charge in [0.25, 0.3) is 0 Å². The number of rotatable bonds is 8. The van der Waals surface area contributed by atoms with E-state index in [1.54, 1.807) is 37.3 Å². The van der Waals surface area contributed by atoms with Crippen molar-refractivity contribution in [2.24, 2.45) is 0 Å². The molecule has 0 radical (unpaired) electrons. The van der Waals surface area contributed by atoms with E-state index in [1.807, 2.05) is 0 Å². The van der Waals surface area contributed by atoms with E-state index >= 15 is 0 Å². The van der Waals surface area contributed by atoms with Crippen molar-refractivity contribution in [1.82, 2.24) is 0 Å². The highest BCUT2D eigenvalue weighted by Gasteiger charge is 2.56. The van der Waals surface area contributed by atoms with Crippen LogP contribution in [-0.4, -0.2) is 51.5 Å². The van der Waals surface area contributed by atoms with Gasteiger partial charge >= 0.3 is 5.97 Å². The lowest BCUT2D eigenvalue weighted by Gasteiger charge is -2.54. The molecule has 1 heterocycles. The van der Waals surface area contributed by atoms with Crippen LogP contribution in [0.2, 0.25) is 0 Å². The van der Waals surface area contributed by atoms with Crippen molar-refractivity contribution in [2.75, 3.05) is 33.3 Å². The van der Waals surface area contributed by atoms with E-state index in [2.05, 4.69) is 0 Å². The summed E-state index contributed by atoms with van der Waals surface area (Å²) in [6.45, 7) is 2.89. The largest absolute Gasteiger partial charge is 0.493 e. The van der Waals surface area contributed by atoms with Gasteiger partial charge < -0.3 is 28.8 Å². The fourth-order valence-corrected chi connectivity index (χ4v) is 4.08. The van der Waals surface area contributed by atoms with Crippen molar-refractivity contribution in [2.45, 2.75) is 31.9 Å². The smallest absolute Gasteiger partial charge is 0.308 e. The fraction of sp³-hybridized carbons (Fsp3) is 0.391. The molecule has 1 N–H and O–H groups in total. The number of anilines is 1. The molecule has 9 nitrogen and oxygen atoms in total. The van der Waals surface area contributed by atoms with Gasteiger partial charge in [-0.2, -0.15) is 0 Å². The summed E-state index contributed by atoms with van der Waals surface area (Å²) in [6.07, 6.45) is -0.912. The van der Waals surface area contributed by atoms with Gasteiger partial charge in [-0.15, -0.1) is 0 Å². The van der Waals surface area contributed by atoms with Gasteiger partial charge in [-0.25, -0.2) is 0 Å². The Morgan fingerprint density at radius 1 is 0.969 bits per heavy atom. The van der Waals surface area contributed by atoms with E-state index in [0.717, 1.165) is 0 Å². The summed E-state index contributed by atoms with van der Waals surface area (Å²) in [5, 5.41) is 10.9. The van der Waals surface area contributed by atoms with E-state index in [-0.39, 0.29) is 18.1 Å². The third-order valence-corrected chi connectivity index (χ3v) is 5.59. The van der Waals surface area contributed by atoms with E-state index < -0.39 is 17.6 Å². The highest BCUT2D eigenvalue weighted by molar-refractivity contribution is 6.04. The highest BCUT2D eigenvalue weighted by Crippen LogP contribution is 2.51. The quantitative estimate of drug-likeness (QED) is 0.376. The fourth-order valence-electron chi connectivity index (χ4n) is 4.08. The van der Waals surface area contributed by atoms with Crippen molar-refractivity contribution in [3.63, 3.8) is 0 Å². The predicted octanol–water partition coefficient (Wildman–Crippen LogP) is 2.66. The normalized spacial score (nSPS) is 18.5. The second-order valence-corrected chi connectivity index (χ2v) is 7.35. The number of β-lactam (4-membered cyclic amide) rings is 1. The topological polar surface area (TPSA) is 104 Å². The van der Waals surface area contributed by atoms with Crippen LogP contribution < -0.4 is 28.6 Å². The molecule has 0 saturated carbocycles. The third-order valence-electron chi connectivity index (χ3n) is 5.59. The van der Waals surface area contributed by atoms with Gasteiger partial charge in [0.15, 0.2) is 23.0 Å². The molecule has 0 spiro atoms. The van der Waals surface area contributed by atoms with Crippen LogP contribution in [0.3, 0.4) is 0 Å². The molecule has 9 heteroatoms. The molecule has 0 bridgehead atoms. The van der Waals surface area contributed by atoms with Crippen molar-refractivity contribution >= 4 is 17.6 Å². The van der Waals surface area contributed by atoms with Gasteiger partial charge in [0.1, 0.15) is 5.54 Å². The molecule has 0 aliphatic carbocycles. The molecular weight excluding hydrogens is 418 g/mol. The first-order valence-corrected chi connectivity index (χ1v) is 9.91. The first-order valence-electron chi connectivity index (χ1n) is 9.91. The summed E-state index contributed by atoms with van der Waals surface area (Å²) in [5.74, 6) is 0.961. The molecule has 32 heavy (non-hydrogen) atoms. The molecule has 1 aliphatic heterocycles. The molecule has 2 aromatic rings. The minimum absolute atomic E-state index is 0.0488. The number of aliphatic hydroxyl groups excluding tert-OH is 1. The molecule has 2 aromatic carbocycles. The Kier molecular flexibility index (Phi) is 6.50. The molecule has 3 rings (SSSR count). The van der Waals surface area contributed by atoms with Gasteiger partial charge in [0.2, 0.25) is 11.7 Å². The number of nitrogens with zero attached hydrogens (tertiary/aromatic N) is 1. The maximum absolute atomic E-state index is 12.9. The molecule has 1 fully saturated rings. The monoisotopic (exact) mass is 445 g/mol. The van der Waals surface area contributed by atoms with Gasteiger partial charge in [0.05, 0.1) is 46.7 Å². The number of methoxy groups -OCH3 is 4. The van der Waals surface area contributed by atoms with Crippen molar-refractivity contribution in [1.29, 1.82) is 0 Å². The second kappa shape index (κ2) is 8.96. The summed E-state index contributed by atoms with van der Waals surface area (Å²) < 4.78 is 26.8. The zero-order valence-electron chi connectivity index (χ0n) is 18.9. The Morgan fingerprint density at radius 2 is 1.56 bits per heavy atom. The number of hydrogen-bond donors (Lipinski definition) is 1. The zero-order valence-corrected chi connectivity index (χ0v) is 18.9. The van der Waals surface area contributed by atoms with Gasteiger partial charge in [-0.3, -0.25) is 14.5 Å². The summed E-state index contributed by atoms with van der Waals surface area (Å²) in [5.41, 5.74) is -0.0672. The summed E-state index contributed by atoms with van der Waals surface area (Å²) in [4.78, 5) is 25.9. The van der Waals surface area contributed by atoms with Crippen LogP contribution in [0.25, 0.3) is 0 Å².